The predicted molar refractivity (Wildman–Crippen MR) is 98.8 cm³/mol. The summed E-state index contributed by atoms with van der Waals surface area (Å²) in [5, 5.41) is 11.4. The number of para-hydroxylation sites is 1. The minimum absolute atomic E-state index is 0.131. The lowest BCUT2D eigenvalue weighted by molar-refractivity contribution is 0.601. The van der Waals surface area contributed by atoms with Gasteiger partial charge in [0.1, 0.15) is 0 Å². The Hall–Kier alpha value is -2.64. The molecule has 0 amide bonds. The van der Waals surface area contributed by atoms with Gasteiger partial charge >= 0.3 is 0 Å². The quantitative estimate of drug-likeness (QED) is 0.705. The van der Waals surface area contributed by atoms with Crippen LogP contribution in [0.2, 0.25) is 5.02 Å². The van der Waals surface area contributed by atoms with Crippen LogP contribution in [0.25, 0.3) is 0 Å². The molecule has 3 aromatic rings. The maximum Gasteiger partial charge on any atom is 0.263 e. The Balaban J connectivity index is 1.75. The summed E-state index contributed by atoms with van der Waals surface area (Å²) in [6.45, 7) is 1.83. The van der Waals surface area contributed by atoms with Crippen molar-refractivity contribution in [2.24, 2.45) is 0 Å². The summed E-state index contributed by atoms with van der Waals surface area (Å²) in [6.07, 6.45) is 0. The lowest BCUT2D eigenvalue weighted by Crippen LogP contribution is -2.14. The molecule has 25 heavy (non-hydrogen) atoms. The third-order valence-corrected chi connectivity index (χ3v) is 5.02. The van der Waals surface area contributed by atoms with Crippen molar-refractivity contribution in [1.29, 1.82) is 0 Å². The van der Waals surface area contributed by atoms with Crippen LogP contribution in [0.1, 0.15) is 5.56 Å². The summed E-state index contributed by atoms with van der Waals surface area (Å²) < 4.78 is 27.1. The van der Waals surface area contributed by atoms with Gasteiger partial charge in [-0.25, -0.2) is 8.42 Å². The van der Waals surface area contributed by atoms with E-state index in [1.165, 1.54) is 12.1 Å². The van der Waals surface area contributed by atoms with E-state index in [-0.39, 0.29) is 10.7 Å². The van der Waals surface area contributed by atoms with Crippen molar-refractivity contribution >= 4 is 38.9 Å². The van der Waals surface area contributed by atoms with E-state index < -0.39 is 10.0 Å². The van der Waals surface area contributed by atoms with Crippen LogP contribution in [0.15, 0.2) is 65.6 Å². The SMILES string of the molecule is Cc1cccc(S(=O)(=O)Nc2ccc(Nc3ccccc3Cl)nn2)c1. The molecule has 1 aromatic heterocycles. The zero-order chi connectivity index (χ0) is 17.9. The second-order valence-corrected chi connectivity index (χ2v) is 7.42. The lowest BCUT2D eigenvalue weighted by Gasteiger charge is -2.09. The second kappa shape index (κ2) is 7.08. The third-order valence-electron chi connectivity index (χ3n) is 3.34. The highest BCUT2D eigenvalue weighted by molar-refractivity contribution is 7.92. The molecule has 0 aliphatic carbocycles. The predicted octanol–water partition coefficient (Wildman–Crippen LogP) is 3.98. The molecule has 128 valence electrons. The van der Waals surface area contributed by atoms with Gasteiger partial charge in [-0.15, -0.1) is 10.2 Å². The Morgan fingerprint density at radius 2 is 1.64 bits per heavy atom. The van der Waals surface area contributed by atoms with Crippen molar-refractivity contribution in [1.82, 2.24) is 10.2 Å². The third kappa shape index (κ3) is 4.26. The van der Waals surface area contributed by atoms with Crippen LogP contribution in [0.3, 0.4) is 0 Å². The number of nitrogens with one attached hydrogen (secondary N) is 2. The Kier molecular flexibility index (Phi) is 4.87. The van der Waals surface area contributed by atoms with Gasteiger partial charge in [-0.1, -0.05) is 35.9 Å². The lowest BCUT2D eigenvalue weighted by atomic mass is 10.2. The molecule has 0 bridgehead atoms. The average Bonchev–Trinajstić information content (AvgIpc) is 2.58. The number of benzene rings is 2. The molecule has 1 heterocycles. The Morgan fingerprint density at radius 3 is 2.32 bits per heavy atom. The molecule has 0 radical (unpaired) electrons. The van der Waals surface area contributed by atoms with Crippen LogP contribution in [-0.2, 0) is 10.0 Å². The highest BCUT2D eigenvalue weighted by Crippen LogP contribution is 2.24. The molecule has 2 N–H and O–H groups in total. The van der Waals surface area contributed by atoms with Crippen molar-refractivity contribution in [2.75, 3.05) is 10.0 Å². The van der Waals surface area contributed by atoms with E-state index >= 15 is 0 Å². The van der Waals surface area contributed by atoms with Crippen molar-refractivity contribution in [3.63, 3.8) is 0 Å². The molecule has 0 saturated heterocycles. The van der Waals surface area contributed by atoms with Gasteiger partial charge in [0, 0.05) is 0 Å². The van der Waals surface area contributed by atoms with E-state index in [1.807, 2.05) is 25.1 Å². The molecule has 2 aromatic carbocycles. The highest BCUT2D eigenvalue weighted by atomic mass is 35.5. The maximum atomic E-state index is 12.4. The fourth-order valence-corrected chi connectivity index (χ4v) is 3.42. The molecule has 8 heteroatoms. The van der Waals surface area contributed by atoms with Gasteiger partial charge in [-0.2, -0.15) is 0 Å². The topological polar surface area (TPSA) is 84.0 Å². The first kappa shape index (κ1) is 17.2. The van der Waals surface area contributed by atoms with E-state index in [0.717, 1.165) is 5.56 Å². The number of halogens is 1. The number of rotatable bonds is 5. The fraction of sp³-hybridized carbons (Fsp3) is 0.0588. The number of aryl methyl sites for hydroxylation is 1. The monoisotopic (exact) mass is 374 g/mol. The van der Waals surface area contributed by atoms with Crippen molar-refractivity contribution in [3.05, 3.63) is 71.2 Å². The van der Waals surface area contributed by atoms with Gasteiger partial charge in [0.2, 0.25) is 0 Å². The summed E-state index contributed by atoms with van der Waals surface area (Å²) >= 11 is 6.07. The summed E-state index contributed by atoms with van der Waals surface area (Å²) in [4.78, 5) is 0.174. The van der Waals surface area contributed by atoms with Gasteiger partial charge in [-0.3, -0.25) is 4.72 Å². The first-order valence-corrected chi connectivity index (χ1v) is 9.25. The van der Waals surface area contributed by atoms with Gasteiger partial charge in [0.15, 0.2) is 11.6 Å². The van der Waals surface area contributed by atoms with Crippen LogP contribution in [-0.4, -0.2) is 18.6 Å². The number of nitrogens with zero attached hydrogens (tertiary/aromatic N) is 2. The summed E-state index contributed by atoms with van der Waals surface area (Å²) in [5.74, 6) is 0.581. The Labute approximate surface area is 150 Å². The molecule has 3 rings (SSSR count). The number of anilines is 3. The minimum atomic E-state index is -3.71. The molecule has 0 unspecified atom stereocenters. The highest BCUT2D eigenvalue weighted by Gasteiger charge is 2.15. The molecular weight excluding hydrogens is 360 g/mol. The molecule has 0 saturated carbocycles. The second-order valence-electron chi connectivity index (χ2n) is 5.33. The molecule has 0 fully saturated rings. The van der Waals surface area contributed by atoms with Crippen LogP contribution >= 0.6 is 11.6 Å². The summed E-state index contributed by atoms with van der Waals surface area (Å²) in [7, 11) is -3.71. The number of hydrogen-bond donors (Lipinski definition) is 2. The number of hydrogen-bond acceptors (Lipinski definition) is 5. The van der Waals surface area contributed by atoms with Crippen molar-refractivity contribution < 1.29 is 8.42 Å². The molecule has 0 aliphatic rings. The summed E-state index contributed by atoms with van der Waals surface area (Å²) in [6, 6.07) is 17.0. The zero-order valence-corrected chi connectivity index (χ0v) is 14.8. The van der Waals surface area contributed by atoms with Gasteiger partial charge in [0.05, 0.1) is 15.6 Å². The average molecular weight is 375 g/mol. The molecular formula is C17H15ClN4O2S. The Morgan fingerprint density at radius 1 is 0.920 bits per heavy atom. The van der Waals surface area contributed by atoms with Crippen LogP contribution < -0.4 is 10.0 Å². The smallest absolute Gasteiger partial charge is 0.263 e. The van der Waals surface area contributed by atoms with E-state index in [4.69, 9.17) is 11.6 Å². The van der Waals surface area contributed by atoms with Crippen LogP contribution in [0.4, 0.5) is 17.3 Å². The van der Waals surface area contributed by atoms with Crippen LogP contribution in [0.5, 0.6) is 0 Å². The first-order chi connectivity index (χ1) is 11.9. The van der Waals surface area contributed by atoms with E-state index in [9.17, 15) is 8.42 Å². The maximum absolute atomic E-state index is 12.4. The van der Waals surface area contributed by atoms with E-state index in [2.05, 4.69) is 20.2 Å². The van der Waals surface area contributed by atoms with Crippen molar-refractivity contribution in [3.8, 4) is 0 Å². The zero-order valence-electron chi connectivity index (χ0n) is 13.3. The summed E-state index contributed by atoms with van der Waals surface area (Å²) in [5.41, 5.74) is 1.54. The van der Waals surface area contributed by atoms with E-state index in [1.54, 1.807) is 30.3 Å². The minimum Gasteiger partial charge on any atom is -0.338 e. The molecule has 0 atom stereocenters. The van der Waals surface area contributed by atoms with Gasteiger partial charge in [-0.05, 0) is 48.9 Å². The standard InChI is InChI=1S/C17H15ClN4O2S/c1-12-5-4-6-13(11-12)25(23,24)22-17-10-9-16(20-21-17)19-15-8-3-2-7-14(15)18/h2-11H,1H3,(H,19,20)(H,21,22). The first-order valence-electron chi connectivity index (χ1n) is 7.39. The van der Waals surface area contributed by atoms with E-state index in [0.29, 0.717) is 16.5 Å². The largest absolute Gasteiger partial charge is 0.338 e. The van der Waals surface area contributed by atoms with Crippen LogP contribution in [0, 0.1) is 6.92 Å². The normalized spacial score (nSPS) is 11.1. The number of aromatic nitrogens is 2. The van der Waals surface area contributed by atoms with Gasteiger partial charge < -0.3 is 5.32 Å². The molecule has 6 nitrogen and oxygen atoms in total. The Bertz CT molecular complexity index is 992. The molecule has 0 spiro atoms. The van der Waals surface area contributed by atoms with Crippen molar-refractivity contribution in [2.45, 2.75) is 11.8 Å². The van der Waals surface area contributed by atoms with Gasteiger partial charge in [0.25, 0.3) is 10.0 Å². The number of sulfonamides is 1. The fourth-order valence-electron chi connectivity index (χ4n) is 2.13. The molecule has 0 aliphatic heterocycles.